The van der Waals surface area contributed by atoms with Crippen LogP contribution in [0.3, 0.4) is 0 Å². The highest BCUT2D eigenvalue weighted by Crippen LogP contribution is 2.10. The number of allylic oxidation sites excluding steroid dienone is 1. The van der Waals surface area contributed by atoms with Crippen molar-refractivity contribution < 1.29 is 0 Å². The number of hydrazine groups is 1. The Morgan fingerprint density at radius 2 is 2.54 bits per heavy atom. The van der Waals surface area contributed by atoms with Crippen molar-refractivity contribution in [2.24, 2.45) is 5.84 Å². The van der Waals surface area contributed by atoms with Crippen LogP contribution in [0.4, 0.5) is 0 Å². The van der Waals surface area contributed by atoms with E-state index in [1.807, 2.05) is 6.08 Å². The van der Waals surface area contributed by atoms with Gasteiger partial charge in [-0.05, 0) is 41.7 Å². The highest BCUT2D eigenvalue weighted by atomic mass is 32.1. The molecule has 0 spiro atoms. The molecule has 0 aliphatic carbocycles. The van der Waals surface area contributed by atoms with Gasteiger partial charge in [-0.25, -0.2) is 0 Å². The normalized spacial score (nSPS) is 12.7. The molecule has 0 amide bonds. The van der Waals surface area contributed by atoms with Gasteiger partial charge in [0.1, 0.15) is 0 Å². The predicted octanol–water partition coefficient (Wildman–Crippen LogP) is 2.09. The number of hydrogen-bond donors (Lipinski definition) is 2. The van der Waals surface area contributed by atoms with Gasteiger partial charge < -0.3 is 0 Å². The fourth-order valence-corrected chi connectivity index (χ4v) is 1.94. The Morgan fingerprint density at radius 1 is 1.69 bits per heavy atom. The van der Waals surface area contributed by atoms with Gasteiger partial charge in [0, 0.05) is 6.04 Å². The minimum Gasteiger partial charge on any atom is -0.271 e. The Balaban J connectivity index is 2.35. The summed E-state index contributed by atoms with van der Waals surface area (Å²) in [5.41, 5.74) is 4.19. The Labute approximate surface area is 83.4 Å². The maximum atomic E-state index is 5.45. The highest BCUT2D eigenvalue weighted by molar-refractivity contribution is 7.07. The van der Waals surface area contributed by atoms with E-state index < -0.39 is 0 Å². The first-order valence-corrected chi connectivity index (χ1v) is 5.39. The molecule has 0 bridgehead atoms. The molecular weight excluding hydrogens is 180 g/mol. The zero-order valence-corrected chi connectivity index (χ0v) is 8.52. The summed E-state index contributed by atoms with van der Waals surface area (Å²) in [6.07, 6.45) is 5.00. The molecular formula is C10H16N2S. The van der Waals surface area contributed by atoms with Crippen molar-refractivity contribution in [1.82, 2.24) is 5.43 Å². The monoisotopic (exact) mass is 196 g/mol. The molecule has 13 heavy (non-hydrogen) atoms. The highest BCUT2D eigenvalue weighted by Gasteiger charge is 2.06. The fourth-order valence-electron chi connectivity index (χ4n) is 1.26. The number of nitrogens with two attached hydrogens (primary N) is 1. The van der Waals surface area contributed by atoms with Crippen LogP contribution in [-0.4, -0.2) is 6.04 Å². The molecule has 72 valence electrons. The van der Waals surface area contributed by atoms with Crippen molar-refractivity contribution in [1.29, 1.82) is 0 Å². The molecule has 0 aliphatic heterocycles. The summed E-state index contributed by atoms with van der Waals surface area (Å²) in [4.78, 5) is 0. The van der Waals surface area contributed by atoms with Gasteiger partial charge in [-0.15, -0.1) is 6.58 Å². The fraction of sp³-hybridized carbons (Fsp3) is 0.400. The summed E-state index contributed by atoms with van der Waals surface area (Å²) < 4.78 is 0. The van der Waals surface area contributed by atoms with Crippen molar-refractivity contribution in [2.45, 2.75) is 25.3 Å². The van der Waals surface area contributed by atoms with E-state index in [4.69, 9.17) is 5.84 Å². The molecule has 0 saturated carbocycles. The van der Waals surface area contributed by atoms with Crippen LogP contribution in [0.15, 0.2) is 29.5 Å². The van der Waals surface area contributed by atoms with Crippen LogP contribution >= 0.6 is 11.3 Å². The molecule has 1 aromatic rings. The Kier molecular flexibility index (Phi) is 4.75. The molecule has 0 aliphatic rings. The van der Waals surface area contributed by atoms with Gasteiger partial charge in [-0.3, -0.25) is 11.3 Å². The largest absolute Gasteiger partial charge is 0.271 e. The van der Waals surface area contributed by atoms with Gasteiger partial charge in [0.2, 0.25) is 0 Å². The quantitative estimate of drug-likeness (QED) is 0.415. The summed E-state index contributed by atoms with van der Waals surface area (Å²) in [6.45, 7) is 3.70. The number of rotatable bonds is 6. The van der Waals surface area contributed by atoms with Gasteiger partial charge in [0.25, 0.3) is 0 Å². The Hall–Kier alpha value is -0.640. The molecule has 0 radical (unpaired) electrons. The number of nitrogens with one attached hydrogen (secondary N) is 1. The van der Waals surface area contributed by atoms with Crippen molar-refractivity contribution in [2.75, 3.05) is 0 Å². The molecule has 1 rings (SSSR count). The van der Waals surface area contributed by atoms with E-state index in [1.54, 1.807) is 11.3 Å². The molecule has 1 atom stereocenters. The lowest BCUT2D eigenvalue weighted by Gasteiger charge is -2.13. The molecule has 1 heterocycles. The number of hydrogen-bond acceptors (Lipinski definition) is 3. The lowest BCUT2D eigenvalue weighted by molar-refractivity contribution is 0.496. The second-order valence-electron chi connectivity index (χ2n) is 3.07. The first kappa shape index (κ1) is 10.4. The van der Waals surface area contributed by atoms with Crippen molar-refractivity contribution in [3.8, 4) is 0 Å². The summed E-state index contributed by atoms with van der Waals surface area (Å²) in [7, 11) is 0. The Morgan fingerprint density at radius 3 is 3.08 bits per heavy atom. The van der Waals surface area contributed by atoms with E-state index in [9.17, 15) is 0 Å². The van der Waals surface area contributed by atoms with Gasteiger partial charge in [0.15, 0.2) is 0 Å². The van der Waals surface area contributed by atoms with Crippen molar-refractivity contribution in [3.05, 3.63) is 35.0 Å². The molecule has 1 aromatic heterocycles. The molecule has 3 N–H and O–H groups in total. The van der Waals surface area contributed by atoms with E-state index in [-0.39, 0.29) is 0 Å². The second kappa shape index (κ2) is 5.91. The lowest BCUT2D eigenvalue weighted by Crippen LogP contribution is -2.36. The molecule has 2 nitrogen and oxygen atoms in total. The summed E-state index contributed by atoms with van der Waals surface area (Å²) in [5, 5.41) is 4.26. The van der Waals surface area contributed by atoms with Crippen LogP contribution in [0.25, 0.3) is 0 Å². The minimum absolute atomic E-state index is 0.368. The van der Waals surface area contributed by atoms with Crippen LogP contribution in [0, 0.1) is 0 Å². The first-order valence-electron chi connectivity index (χ1n) is 4.45. The van der Waals surface area contributed by atoms with Gasteiger partial charge in [-0.1, -0.05) is 6.08 Å². The van der Waals surface area contributed by atoms with Gasteiger partial charge in [-0.2, -0.15) is 11.3 Å². The summed E-state index contributed by atoms with van der Waals surface area (Å²) >= 11 is 1.73. The van der Waals surface area contributed by atoms with Crippen LogP contribution in [0.2, 0.25) is 0 Å². The molecule has 1 unspecified atom stereocenters. The van der Waals surface area contributed by atoms with Crippen molar-refractivity contribution >= 4 is 11.3 Å². The van der Waals surface area contributed by atoms with E-state index in [2.05, 4.69) is 28.8 Å². The average Bonchev–Trinajstić information content (AvgIpc) is 2.64. The van der Waals surface area contributed by atoms with E-state index in [1.165, 1.54) is 5.56 Å². The Bertz CT molecular complexity index is 231. The minimum atomic E-state index is 0.368. The van der Waals surface area contributed by atoms with E-state index >= 15 is 0 Å². The van der Waals surface area contributed by atoms with Crippen LogP contribution in [0.5, 0.6) is 0 Å². The van der Waals surface area contributed by atoms with Crippen LogP contribution in [-0.2, 0) is 6.42 Å². The smallest absolute Gasteiger partial charge is 0.0254 e. The third kappa shape index (κ3) is 3.72. The SMILES string of the molecule is C=CCCC(Cc1ccsc1)NN. The molecule has 0 aromatic carbocycles. The van der Waals surface area contributed by atoms with E-state index in [0.29, 0.717) is 6.04 Å². The second-order valence-corrected chi connectivity index (χ2v) is 3.85. The first-order chi connectivity index (χ1) is 6.36. The average molecular weight is 196 g/mol. The summed E-state index contributed by atoms with van der Waals surface area (Å²) in [6, 6.07) is 2.51. The molecule has 3 heteroatoms. The molecule has 0 fully saturated rings. The maximum absolute atomic E-state index is 5.45. The van der Waals surface area contributed by atoms with Crippen LogP contribution < -0.4 is 11.3 Å². The zero-order chi connectivity index (χ0) is 9.52. The zero-order valence-electron chi connectivity index (χ0n) is 7.70. The lowest BCUT2D eigenvalue weighted by atomic mass is 10.1. The third-order valence-corrected chi connectivity index (χ3v) is 2.75. The summed E-state index contributed by atoms with van der Waals surface area (Å²) in [5.74, 6) is 5.45. The third-order valence-electron chi connectivity index (χ3n) is 2.02. The van der Waals surface area contributed by atoms with Gasteiger partial charge in [0.05, 0.1) is 0 Å². The predicted molar refractivity (Wildman–Crippen MR) is 58.6 cm³/mol. The van der Waals surface area contributed by atoms with Crippen molar-refractivity contribution in [3.63, 3.8) is 0 Å². The maximum Gasteiger partial charge on any atom is 0.0254 e. The van der Waals surface area contributed by atoms with Gasteiger partial charge >= 0.3 is 0 Å². The molecule has 0 saturated heterocycles. The van der Waals surface area contributed by atoms with Crippen LogP contribution in [0.1, 0.15) is 18.4 Å². The topological polar surface area (TPSA) is 38.0 Å². The number of thiophene rings is 1. The standard InChI is InChI=1S/C10H16N2S/c1-2-3-4-10(12-11)7-9-5-6-13-8-9/h2,5-6,8,10,12H,1,3-4,7,11H2. The van der Waals surface area contributed by atoms with E-state index in [0.717, 1.165) is 19.3 Å².